The molecule has 9 nitrogen and oxygen atoms in total. The van der Waals surface area contributed by atoms with Crippen molar-refractivity contribution in [3.63, 3.8) is 0 Å². The molecule has 1 aliphatic carbocycles. The van der Waals surface area contributed by atoms with Crippen LogP contribution in [-0.4, -0.2) is 69.7 Å². The average molecular weight is 561 g/mol. The van der Waals surface area contributed by atoms with Crippen LogP contribution in [0.25, 0.3) is 10.4 Å². The number of nitrogens with one attached hydrogen (secondary N) is 2. The first-order chi connectivity index (χ1) is 18.3. The molecule has 1 aliphatic heterocycles. The standard InChI is InChI=1S/C28H37FN4O5S/c1-6-38-21-11-17(22-16(2)31-15-39-22)7-8-18(21)13-30-24(35)20-12-19(34)14-33(20)25(36)23(27(3,4)5)32-26(37)28(29)9-10-28/h7-8,11,15,19-20,23,34H,6,9-10,12-14H2,1-5H3,(H,30,35)(H,32,37)/t19-,20+,23-/m1/s1. The SMILES string of the molecule is CCOc1cc(-c2scnc2C)ccc1CNC(=O)[C@@H]1C[C@@H](O)CN1C(=O)[C@@H](NC(=O)C1(F)CC1)C(C)(C)C. The second kappa shape index (κ2) is 11.2. The summed E-state index contributed by atoms with van der Waals surface area (Å²) >= 11 is 1.54. The number of rotatable bonds is 9. The fraction of sp³-hybridized carbons (Fsp3) is 0.571. The molecule has 3 amide bonds. The molecule has 1 aromatic heterocycles. The number of hydrogen-bond donors (Lipinski definition) is 3. The van der Waals surface area contributed by atoms with Crippen molar-refractivity contribution in [2.24, 2.45) is 5.41 Å². The number of carbonyl (C=O) groups excluding carboxylic acids is 3. The highest BCUT2D eigenvalue weighted by molar-refractivity contribution is 7.13. The van der Waals surface area contributed by atoms with Gasteiger partial charge in [-0.3, -0.25) is 14.4 Å². The molecular formula is C28H37FN4O5S. The molecule has 3 N–H and O–H groups in total. The Kier molecular flexibility index (Phi) is 8.32. The van der Waals surface area contributed by atoms with Crippen LogP contribution in [0.1, 0.15) is 58.2 Å². The summed E-state index contributed by atoms with van der Waals surface area (Å²) < 4.78 is 20.2. The Morgan fingerprint density at radius 2 is 2.03 bits per heavy atom. The lowest BCUT2D eigenvalue weighted by Crippen LogP contribution is -2.59. The topological polar surface area (TPSA) is 121 Å². The predicted octanol–water partition coefficient (Wildman–Crippen LogP) is 3.13. The zero-order valence-electron chi connectivity index (χ0n) is 23.0. The van der Waals surface area contributed by atoms with Gasteiger partial charge in [-0.05, 0) is 43.7 Å². The van der Waals surface area contributed by atoms with E-state index >= 15 is 0 Å². The van der Waals surface area contributed by atoms with Gasteiger partial charge in [0.1, 0.15) is 17.8 Å². The van der Waals surface area contributed by atoms with Crippen LogP contribution in [0.5, 0.6) is 5.75 Å². The number of aryl methyl sites for hydroxylation is 1. The number of hydrogen-bond acceptors (Lipinski definition) is 7. The third-order valence-corrected chi connectivity index (χ3v) is 8.15. The van der Waals surface area contributed by atoms with E-state index in [1.54, 1.807) is 37.6 Å². The van der Waals surface area contributed by atoms with Gasteiger partial charge in [-0.25, -0.2) is 9.37 Å². The maximum Gasteiger partial charge on any atom is 0.258 e. The van der Waals surface area contributed by atoms with Crippen LogP contribution in [0.2, 0.25) is 0 Å². The van der Waals surface area contributed by atoms with Crippen LogP contribution < -0.4 is 15.4 Å². The van der Waals surface area contributed by atoms with Crippen LogP contribution in [-0.2, 0) is 20.9 Å². The molecule has 11 heteroatoms. The van der Waals surface area contributed by atoms with Gasteiger partial charge in [0, 0.05) is 25.1 Å². The van der Waals surface area contributed by atoms with Crippen LogP contribution >= 0.6 is 11.3 Å². The second-order valence-corrected chi connectivity index (χ2v) is 12.2. The summed E-state index contributed by atoms with van der Waals surface area (Å²) in [5.41, 5.74) is 1.79. The first-order valence-corrected chi connectivity index (χ1v) is 14.1. The fourth-order valence-corrected chi connectivity index (χ4v) is 5.53. The Labute approximate surface area is 232 Å². The number of β-amino-alcohol motifs (C(OH)–C–C–N with tert-alkyl or cyclic N) is 1. The minimum absolute atomic E-state index is 0.0484. The van der Waals surface area contributed by atoms with E-state index in [4.69, 9.17) is 4.74 Å². The van der Waals surface area contributed by atoms with Crippen molar-refractivity contribution < 1.29 is 28.6 Å². The van der Waals surface area contributed by atoms with Crippen molar-refractivity contribution in [1.82, 2.24) is 20.5 Å². The quantitative estimate of drug-likeness (QED) is 0.434. The monoisotopic (exact) mass is 560 g/mol. The first kappa shape index (κ1) is 28.9. The highest BCUT2D eigenvalue weighted by Crippen LogP contribution is 2.40. The number of benzene rings is 1. The number of carbonyl (C=O) groups is 3. The second-order valence-electron chi connectivity index (χ2n) is 11.4. The fourth-order valence-electron chi connectivity index (χ4n) is 4.73. The first-order valence-electron chi connectivity index (χ1n) is 13.3. The molecule has 1 aromatic carbocycles. The molecule has 0 bridgehead atoms. The highest BCUT2D eigenvalue weighted by atomic mass is 32.1. The number of halogens is 1. The van der Waals surface area contributed by atoms with Crippen LogP contribution in [0.15, 0.2) is 23.7 Å². The molecule has 212 valence electrons. The Morgan fingerprint density at radius 1 is 1.31 bits per heavy atom. The maximum atomic E-state index is 14.4. The van der Waals surface area contributed by atoms with E-state index in [0.29, 0.717) is 12.4 Å². The molecule has 39 heavy (non-hydrogen) atoms. The Balaban J connectivity index is 1.48. The molecule has 2 fully saturated rings. The molecule has 1 saturated heterocycles. The Hall–Kier alpha value is -3.05. The highest BCUT2D eigenvalue weighted by Gasteiger charge is 2.53. The molecular weight excluding hydrogens is 523 g/mol. The van der Waals surface area contributed by atoms with Gasteiger partial charge in [0.15, 0.2) is 5.67 Å². The zero-order chi connectivity index (χ0) is 28.5. The largest absolute Gasteiger partial charge is 0.494 e. The number of nitrogens with zero attached hydrogens (tertiary/aromatic N) is 2. The predicted molar refractivity (Wildman–Crippen MR) is 146 cm³/mol. The van der Waals surface area contributed by atoms with Crippen molar-refractivity contribution in [3.8, 4) is 16.2 Å². The van der Waals surface area contributed by atoms with Crippen LogP contribution in [0.3, 0.4) is 0 Å². The van der Waals surface area contributed by atoms with Gasteiger partial charge in [0.25, 0.3) is 5.91 Å². The van der Waals surface area contributed by atoms with E-state index in [1.807, 2.05) is 32.0 Å². The van der Waals surface area contributed by atoms with E-state index in [-0.39, 0.29) is 32.4 Å². The number of amides is 3. The summed E-state index contributed by atoms with van der Waals surface area (Å²) in [5, 5.41) is 15.8. The summed E-state index contributed by atoms with van der Waals surface area (Å²) in [6, 6.07) is 3.79. The number of aliphatic hydroxyl groups is 1. The maximum absolute atomic E-state index is 14.4. The summed E-state index contributed by atoms with van der Waals surface area (Å²) in [6.07, 6.45) is -0.562. The van der Waals surface area contributed by atoms with Crippen molar-refractivity contribution in [2.75, 3.05) is 13.2 Å². The van der Waals surface area contributed by atoms with Crippen molar-refractivity contribution in [1.29, 1.82) is 0 Å². The third kappa shape index (κ3) is 6.41. The normalized spacial score (nSPS) is 20.8. The van der Waals surface area contributed by atoms with Crippen LogP contribution in [0, 0.1) is 12.3 Å². The molecule has 2 aliphatic rings. The number of alkyl halides is 1. The smallest absolute Gasteiger partial charge is 0.258 e. The summed E-state index contributed by atoms with van der Waals surface area (Å²) in [4.78, 5) is 46.0. The van der Waals surface area contributed by atoms with Crippen molar-refractivity contribution in [3.05, 3.63) is 35.0 Å². The number of aliphatic hydroxyl groups excluding tert-OH is 1. The lowest BCUT2D eigenvalue weighted by atomic mass is 9.85. The minimum atomic E-state index is -1.93. The number of likely N-dealkylation sites (tertiary alicyclic amines) is 1. The molecule has 2 aromatic rings. The third-order valence-electron chi connectivity index (χ3n) is 7.18. The lowest BCUT2D eigenvalue weighted by molar-refractivity contribution is -0.145. The summed E-state index contributed by atoms with van der Waals surface area (Å²) in [7, 11) is 0. The van der Waals surface area contributed by atoms with E-state index < -0.39 is 47.0 Å². The van der Waals surface area contributed by atoms with E-state index in [9.17, 15) is 23.9 Å². The molecule has 0 unspecified atom stereocenters. The zero-order valence-corrected chi connectivity index (χ0v) is 23.9. The van der Waals surface area contributed by atoms with Gasteiger partial charge in [-0.1, -0.05) is 32.9 Å². The lowest BCUT2D eigenvalue weighted by Gasteiger charge is -2.35. The molecule has 3 atom stereocenters. The average Bonchev–Trinajstić information content (AvgIpc) is 3.28. The van der Waals surface area contributed by atoms with Crippen LogP contribution in [0.4, 0.5) is 4.39 Å². The van der Waals surface area contributed by atoms with Gasteiger partial charge in [-0.2, -0.15) is 0 Å². The molecule has 4 rings (SSSR count). The Morgan fingerprint density at radius 3 is 2.62 bits per heavy atom. The summed E-state index contributed by atoms with van der Waals surface area (Å²) in [6.45, 7) is 9.69. The molecule has 0 spiro atoms. The molecule has 2 heterocycles. The Bertz CT molecular complexity index is 1240. The number of ether oxygens (including phenoxy) is 1. The van der Waals surface area contributed by atoms with Gasteiger partial charge >= 0.3 is 0 Å². The van der Waals surface area contributed by atoms with E-state index in [0.717, 1.165) is 21.7 Å². The van der Waals surface area contributed by atoms with Gasteiger partial charge < -0.3 is 25.4 Å². The molecule has 1 saturated carbocycles. The summed E-state index contributed by atoms with van der Waals surface area (Å²) in [5.74, 6) is -1.11. The minimum Gasteiger partial charge on any atom is -0.494 e. The van der Waals surface area contributed by atoms with E-state index in [1.165, 1.54) is 4.90 Å². The van der Waals surface area contributed by atoms with Gasteiger partial charge in [-0.15, -0.1) is 11.3 Å². The van der Waals surface area contributed by atoms with Crippen molar-refractivity contribution >= 4 is 29.1 Å². The van der Waals surface area contributed by atoms with E-state index in [2.05, 4.69) is 15.6 Å². The van der Waals surface area contributed by atoms with Gasteiger partial charge in [0.2, 0.25) is 11.8 Å². The number of aromatic nitrogens is 1. The van der Waals surface area contributed by atoms with Gasteiger partial charge in [0.05, 0.1) is 28.8 Å². The van der Waals surface area contributed by atoms with Crippen molar-refractivity contribution in [2.45, 2.75) is 84.3 Å². The number of thiazole rings is 1. The molecule has 0 radical (unpaired) electrons.